The van der Waals surface area contributed by atoms with Crippen LogP contribution >= 0.6 is 24.0 Å². The van der Waals surface area contributed by atoms with Crippen LogP contribution in [0.25, 0.3) is 0 Å². The van der Waals surface area contributed by atoms with Gasteiger partial charge >= 0.3 is 0 Å². The van der Waals surface area contributed by atoms with E-state index >= 15 is 0 Å². The topological polar surface area (TPSA) is 72.1 Å². The van der Waals surface area contributed by atoms with Crippen LogP contribution in [0.15, 0.2) is 53.5 Å². The van der Waals surface area contributed by atoms with E-state index < -0.39 is 0 Å². The minimum atomic E-state index is 0. The van der Waals surface area contributed by atoms with Crippen molar-refractivity contribution in [3.63, 3.8) is 0 Å². The van der Waals surface area contributed by atoms with E-state index in [0.29, 0.717) is 12.5 Å². The lowest BCUT2D eigenvalue weighted by Gasteiger charge is -2.34. The molecule has 2 aromatic rings. The zero-order valence-electron chi connectivity index (χ0n) is 17.1. The minimum Gasteiger partial charge on any atom is -0.497 e. The second kappa shape index (κ2) is 11.9. The number of guanidine groups is 1. The SMILES string of the molecule is COc1ccc(NC(N)=NCC(c2ccccc2OC)N2CCCCC2)cc1.I. The summed E-state index contributed by atoms with van der Waals surface area (Å²) in [5.74, 6) is 2.11. The highest BCUT2D eigenvalue weighted by Crippen LogP contribution is 2.31. The highest BCUT2D eigenvalue weighted by atomic mass is 127. The Morgan fingerprint density at radius 3 is 2.38 bits per heavy atom. The van der Waals surface area contributed by atoms with Crippen molar-refractivity contribution in [3.05, 3.63) is 54.1 Å². The number of nitrogens with zero attached hydrogens (tertiary/aromatic N) is 2. The average molecular weight is 510 g/mol. The van der Waals surface area contributed by atoms with Crippen LogP contribution < -0.4 is 20.5 Å². The van der Waals surface area contributed by atoms with Crippen LogP contribution in [0, 0.1) is 0 Å². The van der Waals surface area contributed by atoms with Gasteiger partial charge in [0, 0.05) is 11.3 Å². The summed E-state index contributed by atoms with van der Waals surface area (Å²) in [6.07, 6.45) is 3.73. The molecular formula is C22H31IN4O2. The molecular weight excluding hydrogens is 479 g/mol. The number of aliphatic imine (C=N–C) groups is 1. The van der Waals surface area contributed by atoms with Crippen LogP contribution in [0.2, 0.25) is 0 Å². The van der Waals surface area contributed by atoms with Crippen molar-refractivity contribution < 1.29 is 9.47 Å². The number of likely N-dealkylation sites (tertiary alicyclic amines) is 1. The van der Waals surface area contributed by atoms with Crippen LogP contribution in [0.1, 0.15) is 30.9 Å². The molecule has 3 N–H and O–H groups in total. The molecule has 1 atom stereocenters. The quantitative estimate of drug-likeness (QED) is 0.331. The summed E-state index contributed by atoms with van der Waals surface area (Å²) >= 11 is 0. The number of rotatable bonds is 7. The molecule has 1 fully saturated rings. The van der Waals surface area contributed by atoms with Crippen molar-refractivity contribution in [2.24, 2.45) is 10.7 Å². The number of ether oxygens (including phenoxy) is 2. The fraction of sp³-hybridized carbons (Fsp3) is 0.409. The number of hydrogen-bond donors (Lipinski definition) is 2. The molecule has 0 spiro atoms. The van der Waals surface area contributed by atoms with Gasteiger partial charge in [0.1, 0.15) is 11.5 Å². The Hall–Kier alpha value is -2.00. The molecule has 29 heavy (non-hydrogen) atoms. The van der Waals surface area contributed by atoms with E-state index in [2.05, 4.69) is 27.3 Å². The van der Waals surface area contributed by atoms with Gasteiger partial charge in [0.05, 0.1) is 26.8 Å². The lowest BCUT2D eigenvalue weighted by atomic mass is 10.0. The first kappa shape index (κ1) is 23.3. The van der Waals surface area contributed by atoms with Gasteiger partial charge in [-0.1, -0.05) is 24.6 Å². The first-order valence-corrected chi connectivity index (χ1v) is 9.79. The number of benzene rings is 2. The summed E-state index contributed by atoms with van der Waals surface area (Å²) < 4.78 is 10.8. The molecule has 0 aliphatic carbocycles. The number of para-hydroxylation sites is 1. The van der Waals surface area contributed by atoms with Crippen LogP contribution in [0.4, 0.5) is 5.69 Å². The molecule has 0 saturated carbocycles. The number of nitrogens with two attached hydrogens (primary N) is 1. The molecule has 7 heteroatoms. The van der Waals surface area contributed by atoms with Crippen LogP contribution in [0.5, 0.6) is 11.5 Å². The lowest BCUT2D eigenvalue weighted by molar-refractivity contribution is 0.165. The number of nitrogens with one attached hydrogen (secondary N) is 1. The van der Waals surface area contributed by atoms with Crippen molar-refractivity contribution in [2.45, 2.75) is 25.3 Å². The third kappa shape index (κ3) is 6.50. The van der Waals surface area contributed by atoms with Gasteiger partial charge in [-0.05, 0) is 56.3 Å². The summed E-state index contributed by atoms with van der Waals surface area (Å²) in [5.41, 5.74) is 8.20. The number of anilines is 1. The molecule has 6 nitrogen and oxygen atoms in total. The molecule has 0 aromatic heterocycles. The third-order valence-corrected chi connectivity index (χ3v) is 5.13. The molecule has 1 heterocycles. The molecule has 1 aliphatic rings. The van der Waals surface area contributed by atoms with Gasteiger partial charge in [-0.2, -0.15) is 0 Å². The number of piperidine rings is 1. The van der Waals surface area contributed by atoms with Gasteiger partial charge in [-0.15, -0.1) is 24.0 Å². The molecule has 0 amide bonds. The second-order valence-electron chi connectivity index (χ2n) is 6.93. The molecule has 0 radical (unpaired) electrons. The van der Waals surface area contributed by atoms with Gasteiger partial charge in [0.15, 0.2) is 5.96 Å². The minimum absolute atomic E-state index is 0. The smallest absolute Gasteiger partial charge is 0.193 e. The van der Waals surface area contributed by atoms with E-state index in [-0.39, 0.29) is 30.0 Å². The molecule has 158 valence electrons. The number of hydrogen-bond acceptors (Lipinski definition) is 4. The molecule has 3 rings (SSSR count). The second-order valence-corrected chi connectivity index (χ2v) is 6.93. The van der Waals surface area contributed by atoms with E-state index in [0.717, 1.165) is 35.8 Å². The number of halogens is 1. The maximum absolute atomic E-state index is 6.16. The van der Waals surface area contributed by atoms with Gasteiger partial charge in [-0.25, -0.2) is 0 Å². The fourth-order valence-electron chi connectivity index (χ4n) is 3.63. The standard InChI is InChI=1S/C22H30N4O2.HI/c1-27-18-12-10-17(11-13-18)25-22(23)24-16-20(26-14-6-3-7-15-26)19-8-4-5-9-21(19)28-2;/h4-5,8-13,20H,3,6-7,14-16H2,1-2H3,(H3,23,24,25);1H. The Balaban J connectivity index is 0.00000300. The summed E-state index contributed by atoms with van der Waals surface area (Å²) in [6.45, 7) is 2.73. The fourth-order valence-corrected chi connectivity index (χ4v) is 3.63. The van der Waals surface area contributed by atoms with Gasteiger partial charge in [0.2, 0.25) is 0 Å². The van der Waals surface area contributed by atoms with Crippen molar-refractivity contribution >= 4 is 35.6 Å². The molecule has 0 bridgehead atoms. The van der Waals surface area contributed by atoms with Gasteiger partial charge in [-0.3, -0.25) is 9.89 Å². The van der Waals surface area contributed by atoms with E-state index in [1.165, 1.54) is 19.3 Å². The third-order valence-electron chi connectivity index (χ3n) is 5.13. The van der Waals surface area contributed by atoms with Crippen molar-refractivity contribution in [2.75, 3.05) is 39.2 Å². The number of methoxy groups -OCH3 is 2. The Bertz CT molecular complexity index is 777. The maximum atomic E-state index is 6.16. The van der Waals surface area contributed by atoms with E-state index in [1.54, 1.807) is 14.2 Å². The van der Waals surface area contributed by atoms with E-state index in [4.69, 9.17) is 15.2 Å². The van der Waals surface area contributed by atoms with Crippen molar-refractivity contribution in [1.82, 2.24) is 4.90 Å². The van der Waals surface area contributed by atoms with Crippen molar-refractivity contribution in [3.8, 4) is 11.5 Å². The van der Waals surface area contributed by atoms with Crippen LogP contribution in [0.3, 0.4) is 0 Å². The molecule has 1 unspecified atom stereocenters. The highest BCUT2D eigenvalue weighted by Gasteiger charge is 2.24. The Morgan fingerprint density at radius 1 is 1.03 bits per heavy atom. The zero-order chi connectivity index (χ0) is 19.8. The largest absolute Gasteiger partial charge is 0.497 e. The van der Waals surface area contributed by atoms with Gasteiger partial charge < -0.3 is 20.5 Å². The van der Waals surface area contributed by atoms with Gasteiger partial charge in [0.25, 0.3) is 0 Å². The summed E-state index contributed by atoms with van der Waals surface area (Å²) in [5, 5.41) is 3.15. The molecule has 2 aromatic carbocycles. The predicted molar refractivity (Wildman–Crippen MR) is 130 cm³/mol. The van der Waals surface area contributed by atoms with E-state index in [9.17, 15) is 0 Å². The highest BCUT2D eigenvalue weighted by molar-refractivity contribution is 14.0. The van der Waals surface area contributed by atoms with Crippen LogP contribution in [-0.2, 0) is 0 Å². The maximum Gasteiger partial charge on any atom is 0.193 e. The van der Waals surface area contributed by atoms with Crippen molar-refractivity contribution in [1.29, 1.82) is 0 Å². The average Bonchev–Trinajstić information content (AvgIpc) is 2.75. The Labute approximate surface area is 190 Å². The summed E-state index contributed by atoms with van der Waals surface area (Å²) in [4.78, 5) is 7.14. The summed E-state index contributed by atoms with van der Waals surface area (Å²) in [7, 11) is 3.37. The van der Waals surface area contributed by atoms with E-state index in [1.807, 2.05) is 36.4 Å². The predicted octanol–water partition coefficient (Wildman–Crippen LogP) is 4.28. The zero-order valence-corrected chi connectivity index (χ0v) is 19.5. The first-order valence-electron chi connectivity index (χ1n) is 9.79. The lowest BCUT2D eigenvalue weighted by Crippen LogP contribution is -2.36. The Morgan fingerprint density at radius 2 is 1.72 bits per heavy atom. The normalized spacial score (nSPS) is 15.9. The molecule has 1 saturated heterocycles. The van der Waals surface area contributed by atoms with Crippen LogP contribution in [-0.4, -0.2) is 44.7 Å². The molecule has 1 aliphatic heterocycles. The monoisotopic (exact) mass is 510 g/mol. The first-order chi connectivity index (χ1) is 13.7. The summed E-state index contributed by atoms with van der Waals surface area (Å²) in [6, 6.07) is 16.0. The Kier molecular flexibility index (Phi) is 9.53.